The van der Waals surface area contributed by atoms with Crippen molar-refractivity contribution < 1.29 is 9.59 Å². The van der Waals surface area contributed by atoms with E-state index in [1.165, 1.54) is 6.92 Å². The van der Waals surface area contributed by atoms with Gasteiger partial charge in [-0.25, -0.2) is 0 Å². The molecule has 1 aromatic carbocycles. The van der Waals surface area contributed by atoms with E-state index in [2.05, 4.69) is 10.6 Å². The third-order valence-corrected chi connectivity index (χ3v) is 2.94. The van der Waals surface area contributed by atoms with Gasteiger partial charge in [0.05, 0.1) is 11.7 Å². The molecule has 0 aliphatic carbocycles. The predicted molar refractivity (Wildman–Crippen MR) is 66.1 cm³/mol. The Hall–Kier alpha value is -1.68. The summed E-state index contributed by atoms with van der Waals surface area (Å²) < 4.78 is 0. The Balaban J connectivity index is 2.12. The van der Waals surface area contributed by atoms with Crippen molar-refractivity contribution >= 4 is 17.4 Å². The van der Waals surface area contributed by atoms with Crippen LogP contribution in [-0.2, 0) is 4.79 Å². The summed E-state index contributed by atoms with van der Waals surface area (Å²) in [6.45, 7) is 2.38. The van der Waals surface area contributed by atoms with Crippen LogP contribution in [-0.4, -0.2) is 24.3 Å². The Bertz CT molecular complexity index is 437. The molecule has 17 heavy (non-hydrogen) atoms. The van der Waals surface area contributed by atoms with Gasteiger partial charge < -0.3 is 10.6 Å². The Morgan fingerprint density at radius 1 is 1.35 bits per heavy atom. The van der Waals surface area contributed by atoms with E-state index in [9.17, 15) is 9.59 Å². The summed E-state index contributed by atoms with van der Waals surface area (Å²) in [6.07, 6.45) is 1.88. The number of hydrogen-bond acceptors (Lipinski definition) is 3. The van der Waals surface area contributed by atoms with Gasteiger partial charge in [-0.2, -0.15) is 0 Å². The van der Waals surface area contributed by atoms with Gasteiger partial charge in [0, 0.05) is 5.56 Å². The summed E-state index contributed by atoms with van der Waals surface area (Å²) >= 11 is 0. The lowest BCUT2D eigenvalue weighted by Gasteiger charge is -2.13. The van der Waals surface area contributed by atoms with Gasteiger partial charge in [-0.05, 0) is 38.4 Å². The SMILES string of the molecule is CC(=O)c1ccccc1NC(=O)C1CCCN1. The molecule has 1 amide bonds. The van der Waals surface area contributed by atoms with Crippen LogP contribution in [0.2, 0.25) is 0 Å². The zero-order valence-electron chi connectivity index (χ0n) is 9.82. The zero-order valence-corrected chi connectivity index (χ0v) is 9.82. The van der Waals surface area contributed by atoms with Crippen LogP contribution in [0.4, 0.5) is 5.69 Å². The Labute approximate surface area is 100 Å². The van der Waals surface area contributed by atoms with E-state index in [0.717, 1.165) is 19.4 Å². The first-order valence-corrected chi connectivity index (χ1v) is 5.82. The van der Waals surface area contributed by atoms with Crippen molar-refractivity contribution in [2.45, 2.75) is 25.8 Å². The number of benzene rings is 1. The number of amides is 1. The summed E-state index contributed by atoms with van der Waals surface area (Å²) in [7, 11) is 0. The maximum absolute atomic E-state index is 11.9. The van der Waals surface area contributed by atoms with Gasteiger partial charge in [0.25, 0.3) is 0 Å². The first-order chi connectivity index (χ1) is 8.18. The fraction of sp³-hybridized carbons (Fsp3) is 0.385. The molecule has 4 nitrogen and oxygen atoms in total. The molecule has 1 aliphatic heterocycles. The summed E-state index contributed by atoms with van der Waals surface area (Å²) in [4.78, 5) is 23.3. The predicted octanol–water partition coefficient (Wildman–Crippen LogP) is 1.58. The minimum Gasteiger partial charge on any atom is -0.324 e. The fourth-order valence-corrected chi connectivity index (χ4v) is 2.03. The summed E-state index contributed by atoms with van der Waals surface area (Å²) in [6, 6.07) is 6.95. The lowest BCUT2D eigenvalue weighted by Crippen LogP contribution is -2.35. The van der Waals surface area contributed by atoms with Crippen LogP contribution < -0.4 is 10.6 Å². The zero-order chi connectivity index (χ0) is 12.3. The highest BCUT2D eigenvalue weighted by atomic mass is 16.2. The molecule has 4 heteroatoms. The van der Waals surface area contributed by atoms with Crippen LogP contribution >= 0.6 is 0 Å². The van der Waals surface area contributed by atoms with E-state index in [0.29, 0.717) is 11.3 Å². The van der Waals surface area contributed by atoms with Gasteiger partial charge in [-0.15, -0.1) is 0 Å². The lowest BCUT2D eigenvalue weighted by atomic mass is 10.1. The number of para-hydroxylation sites is 1. The number of rotatable bonds is 3. The second kappa shape index (κ2) is 5.10. The number of hydrogen-bond donors (Lipinski definition) is 2. The molecular formula is C13H16N2O2. The molecule has 0 radical (unpaired) electrons. The molecule has 90 valence electrons. The minimum atomic E-state index is -0.130. The van der Waals surface area contributed by atoms with Crippen molar-refractivity contribution in [3.63, 3.8) is 0 Å². The Kier molecular flexibility index (Phi) is 3.54. The minimum absolute atomic E-state index is 0.0414. The van der Waals surface area contributed by atoms with Crippen molar-refractivity contribution in [1.29, 1.82) is 0 Å². The summed E-state index contributed by atoms with van der Waals surface area (Å²) in [5.41, 5.74) is 1.15. The van der Waals surface area contributed by atoms with E-state index >= 15 is 0 Å². The molecule has 1 atom stereocenters. The van der Waals surface area contributed by atoms with Gasteiger partial charge in [0.1, 0.15) is 0 Å². The highest BCUT2D eigenvalue weighted by Gasteiger charge is 2.22. The van der Waals surface area contributed by atoms with E-state index in [1.807, 2.05) is 6.07 Å². The lowest BCUT2D eigenvalue weighted by molar-refractivity contribution is -0.117. The van der Waals surface area contributed by atoms with Crippen LogP contribution in [0.3, 0.4) is 0 Å². The molecule has 0 spiro atoms. The van der Waals surface area contributed by atoms with E-state index in [-0.39, 0.29) is 17.7 Å². The first kappa shape index (κ1) is 11.8. The van der Waals surface area contributed by atoms with Gasteiger partial charge >= 0.3 is 0 Å². The summed E-state index contributed by atoms with van der Waals surface area (Å²) in [5.74, 6) is -0.100. The molecular weight excluding hydrogens is 216 g/mol. The molecule has 0 aromatic heterocycles. The van der Waals surface area contributed by atoms with E-state index in [4.69, 9.17) is 0 Å². The van der Waals surface area contributed by atoms with Crippen LogP contribution in [0.25, 0.3) is 0 Å². The van der Waals surface area contributed by atoms with E-state index in [1.54, 1.807) is 18.2 Å². The van der Waals surface area contributed by atoms with Crippen LogP contribution in [0.5, 0.6) is 0 Å². The fourth-order valence-electron chi connectivity index (χ4n) is 2.03. The monoisotopic (exact) mass is 232 g/mol. The number of Topliss-reactive ketones (excluding diaryl/α,β-unsaturated/α-hetero) is 1. The second-order valence-electron chi connectivity index (χ2n) is 4.24. The molecule has 1 fully saturated rings. The highest BCUT2D eigenvalue weighted by Crippen LogP contribution is 2.17. The van der Waals surface area contributed by atoms with Crippen LogP contribution in [0.1, 0.15) is 30.1 Å². The Morgan fingerprint density at radius 3 is 2.76 bits per heavy atom. The average molecular weight is 232 g/mol. The van der Waals surface area contributed by atoms with Crippen molar-refractivity contribution in [3.8, 4) is 0 Å². The quantitative estimate of drug-likeness (QED) is 0.778. The van der Waals surface area contributed by atoms with Crippen LogP contribution in [0.15, 0.2) is 24.3 Å². The first-order valence-electron chi connectivity index (χ1n) is 5.82. The maximum Gasteiger partial charge on any atom is 0.241 e. The number of nitrogens with one attached hydrogen (secondary N) is 2. The number of ketones is 1. The van der Waals surface area contributed by atoms with Crippen molar-refractivity contribution in [3.05, 3.63) is 29.8 Å². The normalized spacial score (nSPS) is 19.0. The maximum atomic E-state index is 11.9. The van der Waals surface area contributed by atoms with Crippen molar-refractivity contribution in [2.24, 2.45) is 0 Å². The highest BCUT2D eigenvalue weighted by molar-refractivity contribution is 6.04. The van der Waals surface area contributed by atoms with Crippen LogP contribution in [0, 0.1) is 0 Å². The molecule has 0 saturated carbocycles. The van der Waals surface area contributed by atoms with Crippen molar-refractivity contribution in [2.75, 3.05) is 11.9 Å². The summed E-state index contributed by atoms with van der Waals surface area (Å²) in [5, 5.41) is 5.94. The van der Waals surface area contributed by atoms with Gasteiger partial charge in [-0.1, -0.05) is 12.1 Å². The van der Waals surface area contributed by atoms with Gasteiger partial charge in [0.15, 0.2) is 5.78 Å². The second-order valence-corrected chi connectivity index (χ2v) is 4.24. The molecule has 1 saturated heterocycles. The topological polar surface area (TPSA) is 58.2 Å². The molecule has 2 rings (SSSR count). The standard InChI is InChI=1S/C13H16N2O2/c1-9(16)10-5-2-3-6-11(10)15-13(17)12-7-4-8-14-12/h2-3,5-6,12,14H,4,7-8H2,1H3,(H,15,17). The Morgan fingerprint density at radius 2 is 2.12 bits per heavy atom. The molecule has 0 bridgehead atoms. The third kappa shape index (κ3) is 2.71. The molecule has 1 heterocycles. The molecule has 2 N–H and O–H groups in total. The number of anilines is 1. The number of carbonyl (C=O) groups is 2. The van der Waals surface area contributed by atoms with E-state index < -0.39 is 0 Å². The third-order valence-electron chi connectivity index (χ3n) is 2.94. The number of carbonyl (C=O) groups excluding carboxylic acids is 2. The molecule has 1 aliphatic rings. The average Bonchev–Trinajstić information content (AvgIpc) is 2.83. The molecule has 1 aromatic rings. The largest absolute Gasteiger partial charge is 0.324 e. The smallest absolute Gasteiger partial charge is 0.241 e. The van der Waals surface area contributed by atoms with Gasteiger partial charge in [-0.3, -0.25) is 9.59 Å². The molecule has 1 unspecified atom stereocenters. The van der Waals surface area contributed by atoms with Crippen molar-refractivity contribution in [1.82, 2.24) is 5.32 Å². The van der Waals surface area contributed by atoms with Gasteiger partial charge in [0.2, 0.25) is 5.91 Å².